The first-order chi connectivity index (χ1) is 8.49. The van der Waals surface area contributed by atoms with E-state index in [2.05, 4.69) is 5.32 Å². The summed E-state index contributed by atoms with van der Waals surface area (Å²) in [6, 6.07) is 4.65. The van der Waals surface area contributed by atoms with Crippen molar-refractivity contribution < 1.29 is 14.3 Å². The summed E-state index contributed by atoms with van der Waals surface area (Å²) in [4.78, 5) is 10.4. The number of rotatable bonds is 7. The fourth-order valence-electron chi connectivity index (χ4n) is 1.68. The molecule has 0 fully saturated rings. The summed E-state index contributed by atoms with van der Waals surface area (Å²) in [7, 11) is 0. The fraction of sp³-hybridized carbons (Fsp3) is 0.462. The van der Waals surface area contributed by atoms with Gasteiger partial charge in [-0.15, -0.1) is 0 Å². The van der Waals surface area contributed by atoms with Crippen molar-refractivity contribution in [3.8, 4) is 0 Å². The van der Waals surface area contributed by atoms with Gasteiger partial charge in [0.25, 0.3) is 0 Å². The maximum absolute atomic E-state index is 13.0. The zero-order valence-corrected chi connectivity index (χ0v) is 10.4. The van der Waals surface area contributed by atoms with E-state index in [4.69, 9.17) is 10.8 Å². The van der Waals surface area contributed by atoms with Crippen LogP contribution in [0.2, 0.25) is 0 Å². The second-order valence-corrected chi connectivity index (χ2v) is 4.40. The van der Waals surface area contributed by atoms with Gasteiger partial charge in [0.15, 0.2) is 0 Å². The molecule has 18 heavy (non-hydrogen) atoms. The van der Waals surface area contributed by atoms with Crippen LogP contribution in [0.5, 0.6) is 0 Å². The molecule has 1 aromatic carbocycles. The van der Waals surface area contributed by atoms with Gasteiger partial charge in [-0.3, -0.25) is 4.79 Å². The van der Waals surface area contributed by atoms with Crippen LogP contribution < -0.4 is 11.1 Å². The number of hydrogen-bond donors (Lipinski definition) is 3. The molecule has 0 radical (unpaired) electrons. The maximum Gasteiger partial charge on any atom is 0.304 e. The van der Waals surface area contributed by atoms with Crippen molar-refractivity contribution in [3.05, 3.63) is 35.1 Å². The molecule has 1 atom stereocenters. The summed E-state index contributed by atoms with van der Waals surface area (Å²) in [5, 5.41) is 11.6. The second-order valence-electron chi connectivity index (χ2n) is 4.40. The Kier molecular flexibility index (Phi) is 5.74. The topological polar surface area (TPSA) is 75.3 Å². The van der Waals surface area contributed by atoms with E-state index in [-0.39, 0.29) is 18.3 Å². The van der Waals surface area contributed by atoms with Crippen LogP contribution >= 0.6 is 0 Å². The summed E-state index contributed by atoms with van der Waals surface area (Å²) in [5.74, 6) is -1.09. The molecule has 100 valence electrons. The Morgan fingerprint density at radius 1 is 1.56 bits per heavy atom. The molecule has 4 nitrogen and oxygen atoms in total. The molecule has 0 saturated carbocycles. The number of halogens is 1. The minimum atomic E-state index is -0.890. The molecular formula is C13H19FN2O2. The molecule has 4 N–H and O–H groups in total. The third-order valence-corrected chi connectivity index (χ3v) is 2.66. The third-order valence-electron chi connectivity index (χ3n) is 2.66. The van der Waals surface area contributed by atoms with Crippen LogP contribution in [0.15, 0.2) is 18.2 Å². The fourth-order valence-corrected chi connectivity index (χ4v) is 1.68. The third kappa shape index (κ3) is 5.25. The first-order valence-electron chi connectivity index (χ1n) is 5.92. The van der Waals surface area contributed by atoms with Gasteiger partial charge in [0.1, 0.15) is 5.82 Å². The van der Waals surface area contributed by atoms with Crippen LogP contribution in [0.3, 0.4) is 0 Å². The lowest BCUT2D eigenvalue weighted by atomic mass is 10.1. The van der Waals surface area contributed by atoms with Crippen LogP contribution in [-0.4, -0.2) is 30.2 Å². The molecule has 0 spiro atoms. The highest BCUT2D eigenvalue weighted by Gasteiger charge is 2.07. The Labute approximate surface area is 106 Å². The van der Waals surface area contributed by atoms with Gasteiger partial charge in [-0.05, 0) is 37.1 Å². The van der Waals surface area contributed by atoms with Gasteiger partial charge in [0, 0.05) is 12.6 Å². The van der Waals surface area contributed by atoms with Crippen LogP contribution in [0.25, 0.3) is 0 Å². The molecule has 0 saturated heterocycles. The molecule has 5 heteroatoms. The van der Waals surface area contributed by atoms with Crippen molar-refractivity contribution in [3.63, 3.8) is 0 Å². The van der Waals surface area contributed by atoms with Crippen molar-refractivity contribution in [1.82, 2.24) is 5.32 Å². The van der Waals surface area contributed by atoms with Crippen LogP contribution in [0.1, 0.15) is 17.5 Å². The largest absolute Gasteiger partial charge is 0.481 e. The van der Waals surface area contributed by atoms with E-state index in [0.29, 0.717) is 18.7 Å². The van der Waals surface area contributed by atoms with Crippen molar-refractivity contribution in [2.45, 2.75) is 25.8 Å². The van der Waals surface area contributed by atoms with Crippen molar-refractivity contribution in [2.75, 3.05) is 13.1 Å². The normalized spacial score (nSPS) is 12.4. The maximum atomic E-state index is 13.0. The number of nitrogens with two attached hydrogens (primary N) is 1. The number of aryl methyl sites for hydroxylation is 1. The molecule has 1 rings (SSSR count). The smallest absolute Gasteiger partial charge is 0.304 e. The predicted octanol–water partition coefficient (Wildman–Crippen LogP) is 1.07. The average molecular weight is 254 g/mol. The lowest BCUT2D eigenvalue weighted by Crippen LogP contribution is -2.36. The Hall–Kier alpha value is -1.46. The number of carboxylic acid groups (broad SMARTS) is 1. The molecule has 0 aliphatic carbocycles. The summed E-state index contributed by atoms with van der Waals surface area (Å²) in [5.41, 5.74) is 7.29. The van der Waals surface area contributed by atoms with Gasteiger partial charge in [0.05, 0.1) is 6.42 Å². The van der Waals surface area contributed by atoms with E-state index < -0.39 is 5.97 Å². The summed E-state index contributed by atoms with van der Waals surface area (Å²) < 4.78 is 13.0. The Morgan fingerprint density at radius 3 is 2.89 bits per heavy atom. The number of aliphatic carboxylic acids is 1. The molecular weight excluding hydrogens is 235 g/mol. The van der Waals surface area contributed by atoms with E-state index in [1.54, 1.807) is 13.0 Å². The summed E-state index contributed by atoms with van der Waals surface area (Å²) in [6.07, 6.45) is 0.726. The highest BCUT2D eigenvalue weighted by atomic mass is 19.1. The molecule has 1 aromatic rings. The molecule has 0 heterocycles. The first-order valence-corrected chi connectivity index (χ1v) is 5.92. The van der Waals surface area contributed by atoms with E-state index in [9.17, 15) is 9.18 Å². The van der Waals surface area contributed by atoms with Crippen molar-refractivity contribution in [2.24, 2.45) is 5.73 Å². The van der Waals surface area contributed by atoms with Gasteiger partial charge < -0.3 is 16.2 Å². The van der Waals surface area contributed by atoms with Gasteiger partial charge in [-0.1, -0.05) is 12.1 Å². The number of carboxylic acids is 1. The number of nitrogens with one attached hydrogen (secondary N) is 1. The van der Waals surface area contributed by atoms with Gasteiger partial charge in [-0.25, -0.2) is 4.39 Å². The van der Waals surface area contributed by atoms with E-state index in [0.717, 1.165) is 12.0 Å². The zero-order chi connectivity index (χ0) is 13.5. The highest BCUT2D eigenvalue weighted by molar-refractivity contribution is 5.67. The second kappa shape index (κ2) is 7.08. The monoisotopic (exact) mass is 254 g/mol. The summed E-state index contributed by atoms with van der Waals surface area (Å²) in [6.45, 7) is 2.89. The van der Waals surface area contributed by atoms with Crippen LogP contribution in [0, 0.1) is 12.7 Å². The number of hydrogen-bond acceptors (Lipinski definition) is 3. The molecule has 0 bridgehead atoms. The molecule has 0 aliphatic heterocycles. The molecule has 1 unspecified atom stereocenters. The molecule has 0 aliphatic rings. The van der Waals surface area contributed by atoms with Crippen LogP contribution in [-0.2, 0) is 11.2 Å². The standard InChI is InChI=1S/C13H19FN2O2/c1-9-6-10(2-3-12(9)14)4-5-16-8-11(15)7-13(17)18/h2-3,6,11,16H,4-5,7-8,15H2,1H3,(H,17,18). The average Bonchev–Trinajstić information content (AvgIpc) is 2.28. The van der Waals surface area contributed by atoms with Crippen molar-refractivity contribution >= 4 is 5.97 Å². The number of benzene rings is 1. The predicted molar refractivity (Wildman–Crippen MR) is 67.9 cm³/mol. The Bertz CT molecular complexity index is 410. The lowest BCUT2D eigenvalue weighted by Gasteiger charge is -2.10. The van der Waals surface area contributed by atoms with Gasteiger partial charge >= 0.3 is 5.97 Å². The SMILES string of the molecule is Cc1cc(CCNCC(N)CC(=O)O)ccc1F. The van der Waals surface area contributed by atoms with Gasteiger partial charge in [-0.2, -0.15) is 0 Å². The van der Waals surface area contributed by atoms with Gasteiger partial charge in [0.2, 0.25) is 0 Å². The van der Waals surface area contributed by atoms with Crippen LogP contribution in [0.4, 0.5) is 4.39 Å². The lowest BCUT2D eigenvalue weighted by molar-refractivity contribution is -0.137. The zero-order valence-electron chi connectivity index (χ0n) is 10.4. The minimum absolute atomic E-state index is 0.0390. The van der Waals surface area contributed by atoms with E-state index in [1.165, 1.54) is 6.07 Å². The van der Waals surface area contributed by atoms with E-state index in [1.807, 2.05) is 6.07 Å². The quantitative estimate of drug-likeness (QED) is 0.636. The van der Waals surface area contributed by atoms with E-state index >= 15 is 0 Å². The summed E-state index contributed by atoms with van der Waals surface area (Å²) >= 11 is 0. The molecule has 0 amide bonds. The minimum Gasteiger partial charge on any atom is -0.481 e. The first kappa shape index (κ1) is 14.6. The highest BCUT2D eigenvalue weighted by Crippen LogP contribution is 2.09. The van der Waals surface area contributed by atoms with Crippen molar-refractivity contribution in [1.29, 1.82) is 0 Å². The Morgan fingerprint density at radius 2 is 2.28 bits per heavy atom. The molecule has 0 aromatic heterocycles. The number of carbonyl (C=O) groups is 1. The Balaban J connectivity index is 2.25.